The molecule has 0 bridgehead atoms. The highest BCUT2D eigenvalue weighted by molar-refractivity contribution is 6.31. The summed E-state index contributed by atoms with van der Waals surface area (Å²) in [6.45, 7) is 3.49. The molecule has 3 N–H and O–H groups in total. The first-order chi connectivity index (χ1) is 10.9. The summed E-state index contributed by atoms with van der Waals surface area (Å²) in [7, 11) is 0. The van der Waals surface area contributed by atoms with E-state index in [9.17, 15) is 9.59 Å². The van der Waals surface area contributed by atoms with E-state index in [1.807, 2.05) is 0 Å². The zero-order chi connectivity index (χ0) is 17.0. The molecular weight excluding hydrogens is 322 g/mol. The van der Waals surface area contributed by atoms with Crippen LogP contribution >= 0.6 is 11.6 Å². The number of amides is 2. The number of nitrogens with one attached hydrogen (secondary N) is 1. The Bertz CT molecular complexity index is 729. The number of benzene rings is 1. The quantitative estimate of drug-likeness (QED) is 0.842. The minimum Gasteiger partial charge on any atom is -0.480 e. The molecule has 2 amide bonds. The van der Waals surface area contributed by atoms with Crippen molar-refractivity contribution in [2.45, 2.75) is 26.4 Å². The van der Waals surface area contributed by atoms with Crippen LogP contribution in [0.4, 0.5) is 5.82 Å². The van der Waals surface area contributed by atoms with Gasteiger partial charge >= 0.3 is 0 Å². The number of nitrogens with zero attached hydrogens (tertiary/aromatic N) is 1. The summed E-state index contributed by atoms with van der Waals surface area (Å²) in [6, 6.07) is 6.03. The van der Waals surface area contributed by atoms with Crippen molar-refractivity contribution in [2.24, 2.45) is 5.73 Å². The Morgan fingerprint density at radius 3 is 2.74 bits per heavy atom. The van der Waals surface area contributed by atoms with Crippen LogP contribution in [-0.4, -0.2) is 23.1 Å². The van der Waals surface area contributed by atoms with E-state index in [-0.39, 0.29) is 11.3 Å². The van der Waals surface area contributed by atoms with Crippen LogP contribution in [-0.2, 0) is 4.79 Å². The third-order valence-corrected chi connectivity index (χ3v) is 3.25. The van der Waals surface area contributed by atoms with Crippen LogP contribution in [0.15, 0.2) is 28.8 Å². The van der Waals surface area contributed by atoms with Gasteiger partial charge in [-0.3, -0.25) is 9.59 Å². The SMILES string of the molecule is CC[C@@H](Oc1ccc(Cl)cc1C(N)=O)C(=O)Nc1cc(C)on1. The Hall–Kier alpha value is -2.54. The predicted molar refractivity (Wildman–Crippen MR) is 84.5 cm³/mol. The number of ether oxygens (including phenoxy) is 1. The second-order valence-corrected chi connectivity index (χ2v) is 5.27. The largest absolute Gasteiger partial charge is 0.480 e. The molecule has 2 aromatic rings. The first-order valence-electron chi connectivity index (χ1n) is 6.91. The maximum atomic E-state index is 12.2. The van der Waals surface area contributed by atoms with Crippen LogP contribution < -0.4 is 15.8 Å². The summed E-state index contributed by atoms with van der Waals surface area (Å²) < 4.78 is 10.5. The van der Waals surface area contributed by atoms with Crippen molar-refractivity contribution in [1.82, 2.24) is 5.16 Å². The van der Waals surface area contributed by atoms with Gasteiger partial charge in [0.1, 0.15) is 11.5 Å². The molecule has 0 aliphatic carbocycles. The Balaban J connectivity index is 2.16. The highest BCUT2D eigenvalue weighted by Crippen LogP contribution is 2.24. The third-order valence-electron chi connectivity index (χ3n) is 3.02. The molecule has 0 radical (unpaired) electrons. The number of aryl methyl sites for hydroxylation is 1. The Labute approximate surface area is 137 Å². The number of carbonyl (C=O) groups excluding carboxylic acids is 2. The molecule has 122 valence electrons. The van der Waals surface area contributed by atoms with Gasteiger partial charge in [0.25, 0.3) is 11.8 Å². The second kappa shape index (κ2) is 7.15. The maximum absolute atomic E-state index is 12.2. The standard InChI is InChI=1S/C15H16ClN3O4/c1-3-11(15(21)18-13-6-8(2)23-19-13)22-12-5-4-9(16)7-10(12)14(17)20/h4-7,11H,3H2,1-2H3,(H2,17,20)(H,18,19,21)/t11-/m1/s1. The smallest absolute Gasteiger partial charge is 0.266 e. The molecule has 0 aliphatic heterocycles. The minimum absolute atomic E-state index is 0.112. The number of hydrogen-bond acceptors (Lipinski definition) is 5. The molecule has 1 aromatic heterocycles. The van der Waals surface area contributed by atoms with Crippen molar-refractivity contribution < 1.29 is 18.8 Å². The van der Waals surface area contributed by atoms with Crippen LogP contribution in [0.5, 0.6) is 5.75 Å². The molecule has 7 nitrogen and oxygen atoms in total. The molecule has 1 heterocycles. The Morgan fingerprint density at radius 1 is 1.43 bits per heavy atom. The van der Waals surface area contributed by atoms with E-state index in [1.165, 1.54) is 12.1 Å². The average Bonchev–Trinajstić information content (AvgIpc) is 2.90. The molecule has 23 heavy (non-hydrogen) atoms. The van der Waals surface area contributed by atoms with E-state index < -0.39 is 17.9 Å². The first kappa shape index (κ1) is 16.8. The maximum Gasteiger partial charge on any atom is 0.266 e. The van der Waals surface area contributed by atoms with Crippen LogP contribution in [0.2, 0.25) is 5.02 Å². The summed E-state index contributed by atoms with van der Waals surface area (Å²) in [5.41, 5.74) is 5.41. The van der Waals surface area contributed by atoms with E-state index in [2.05, 4.69) is 10.5 Å². The molecule has 0 spiro atoms. The summed E-state index contributed by atoms with van der Waals surface area (Å²) in [6.07, 6.45) is -0.449. The van der Waals surface area contributed by atoms with Gasteiger partial charge in [-0.15, -0.1) is 0 Å². The van der Waals surface area contributed by atoms with Gasteiger partial charge < -0.3 is 20.3 Å². The minimum atomic E-state index is -0.828. The first-order valence-corrected chi connectivity index (χ1v) is 7.28. The molecule has 8 heteroatoms. The van der Waals surface area contributed by atoms with Gasteiger partial charge in [-0.25, -0.2) is 0 Å². The number of halogens is 1. The summed E-state index contributed by atoms with van der Waals surface area (Å²) in [5.74, 6) is -0.0416. The Kier molecular flexibility index (Phi) is 5.23. The molecule has 2 rings (SSSR count). The van der Waals surface area contributed by atoms with E-state index in [1.54, 1.807) is 26.0 Å². The summed E-state index contributed by atoms with van der Waals surface area (Å²) in [5, 5.41) is 6.61. The van der Waals surface area contributed by atoms with E-state index >= 15 is 0 Å². The number of anilines is 1. The highest BCUT2D eigenvalue weighted by atomic mass is 35.5. The lowest BCUT2D eigenvalue weighted by atomic mass is 10.2. The number of hydrogen-bond donors (Lipinski definition) is 2. The van der Waals surface area contributed by atoms with Gasteiger partial charge in [-0.1, -0.05) is 23.7 Å². The monoisotopic (exact) mass is 337 g/mol. The zero-order valence-electron chi connectivity index (χ0n) is 12.6. The molecular formula is C15H16ClN3O4. The fraction of sp³-hybridized carbons (Fsp3) is 0.267. The van der Waals surface area contributed by atoms with Gasteiger partial charge in [-0.2, -0.15) is 0 Å². The highest BCUT2D eigenvalue weighted by Gasteiger charge is 2.22. The predicted octanol–water partition coefficient (Wildman–Crippen LogP) is 2.53. The van der Waals surface area contributed by atoms with E-state index in [0.29, 0.717) is 23.0 Å². The molecule has 1 aromatic carbocycles. The lowest BCUT2D eigenvalue weighted by Gasteiger charge is -2.18. The molecule has 0 aliphatic rings. The number of rotatable bonds is 6. The number of carbonyl (C=O) groups is 2. The molecule has 0 fully saturated rings. The van der Waals surface area contributed by atoms with E-state index in [0.717, 1.165) is 0 Å². The number of primary amides is 1. The van der Waals surface area contributed by atoms with Gasteiger partial charge in [0.05, 0.1) is 5.56 Å². The van der Waals surface area contributed by atoms with Crippen molar-refractivity contribution in [1.29, 1.82) is 0 Å². The number of nitrogens with two attached hydrogens (primary N) is 1. The Morgan fingerprint density at radius 2 is 2.17 bits per heavy atom. The van der Waals surface area contributed by atoms with E-state index in [4.69, 9.17) is 26.6 Å². The average molecular weight is 338 g/mol. The van der Waals surface area contributed by atoms with Crippen molar-refractivity contribution in [3.8, 4) is 5.75 Å². The zero-order valence-corrected chi connectivity index (χ0v) is 13.4. The van der Waals surface area contributed by atoms with Crippen molar-refractivity contribution in [2.75, 3.05) is 5.32 Å². The third kappa shape index (κ3) is 4.23. The number of aromatic nitrogens is 1. The topological polar surface area (TPSA) is 107 Å². The van der Waals surface area contributed by atoms with Crippen LogP contribution in [0.25, 0.3) is 0 Å². The normalized spacial score (nSPS) is 11.8. The van der Waals surface area contributed by atoms with Gasteiger partial charge in [0.2, 0.25) is 0 Å². The lowest BCUT2D eigenvalue weighted by Crippen LogP contribution is -2.33. The van der Waals surface area contributed by atoms with Crippen LogP contribution in [0.1, 0.15) is 29.5 Å². The fourth-order valence-electron chi connectivity index (χ4n) is 1.91. The summed E-state index contributed by atoms with van der Waals surface area (Å²) in [4.78, 5) is 23.7. The fourth-order valence-corrected chi connectivity index (χ4v) is 2.08. The van der Waals surface area contributed by atoms with Crippen LogP contribution in [0.3, 0.4) is 0 Å². The van der Waals surface area contributed by atoms with Crippen molar-refractivity contribution in [3.05, 3.63) is 40.6 Å². The van der Waals surface area contributed by atoms with Gasteiger partial charge in [-0.05, 0) is 31.5 Å². The second-order valence-electron chi connectivity index (χ2n) is 4.83. The molecule has 1 atom stereocenters. The van der Waals surface area contributed by atoms with Crippen molar-refractivity contribution >= 4 is 29.2 Å². The summed E-state index contributed by atoms with van der Waals surface area (Å²) >= 11 is 5.84. The molecule has 0 saturated heterocycles. The van der Waals surface area contributed by atoms with Gasteiger partial charge in [0.15, 0.2) is 11.9 Å². The molecule has 0 unspecified atom stereocenters. The lowest BCUT2D eigenvalue weighted by molar-refractivity contribution is -0.122. The molecule has 0 saturated carbocycles. The van der Waals surface area contributed by atoms with Crippen LogP contribution in [0, 0.1) is 6.92 Å². The van der Waals surface area contributed by atoms with Crippen molar-refractivity contribution in [3.63, 3.8) is 0 Å². The van der Waals surface area contributed by atoms with Gasteiger partial charge in [0, 0.05) is 11.1 Å².